The molecule has 3 heterocycles. The summed E-state index contributed by atoms with van der Waals surface area (Å²) in [6.45, 7) is 19.6. The van der Waals surface area contributed by atoms with Gasteiger partial charge >= 0.3 is 0 Å². The van der Waals surface area contributed by atoms with Gasteiger partial charge in [-0.2, -0.15) is 0 Å². The van der Waals surface area contributed by atoms with Crippen molar-refractivity contribution >= 4 is 0 Å². The maximum Gasteiger partial charge on any atom is 0.185 e. The third-order valence-electron chi connectivity index (χ3n) is 12.0. The predicted octanol–water partition coefficient (Wildman–Crippen LogP) is 2.18. The molecule has 3 saturated heterocycles. The van der Waals surface area contributed by atoms with Crippen LogP contribution in [0.4, 0.5) is 0 Å². The molecule has 0 saturated carbocycles. The second kappa shape index (κ2) is 17.3. The Kier molecular flexibility index (Phi) is 15.2. The maximum atomic E-state index is 12.3. The quantitative estimate of drug-likeness (QED) is 0.107. The van der Waals surface area contributed by atoms with Crippen LogP contribution in [0.5, 0.6) is 0 Å². The monoisotopic (exact) mass is 721 g/mol. The second-order valence-corrected chi connectivity index (χ2v) is 16.6. The highest BCUT2D eigenvalue weighted by molar-refractivity contribution is 5.14. The average Bonchev–Trinajstić information content (AvgIpc) is 3.86. The molecule has 0 aromatic heterocycles. The highest BCUT2D eigenvalue weighted by Gasteiger charge is 2.67. The fraction of sp³-hybridized carbons (Fsp3) is 1.00. The zero-order chi connectivity index (χ0) is 38.0. The van der Waals surface area contributed by atoms with Crippen LogP contribution in [0.1, 0.15) is 101 Å². The van der Waals surface area contributed by atoms with Crippen molar-refractivity contribution in [3.63, 3.8) is 0 Å². The van der Waals surface area contributed by atoms with E-state index >= 15 is 0 Å². The first-order valence-corrected chi connectivity index (χ1v) is 18.8. The molecule has 0 aromatic rings. The van der Waals surface area contributed by atoms with Crippen LogP contribution in [0.3, 0.4) is 0 Å². The van der Waals surface area contributed by atoms with Gasteiger partial charge in [-0.05, 0) is 93.8 Å². The number of hydrogen-bond donors (Lipinski definition) is 6. The second-order valence-electron chi connectivity index (χ2n) is 16.6. The highest BCUT2D eigenvalue weighted by atomic mass is 16.7. The Morgan fingerprint density at radius 1 is 1.02 bits per heavy atom. The van der Waals surface area contributed by atoms with Gasteiger partial charge in [0.2, 0.25) is 0 Å². The fourth-order valence-electron chi connectivity index (χ4n) is 8.39. The van der Waals surface area contributed by atoms with Crippen LogP contribution in [-0.4, -0.2) is 155 Å². The Bertz CT molecular complexity index is 1040. The number of nitrogens with zero attached hydrogens (tertiary/aromatic N) is 1. The number of likely N-dealkylation sites (N-methyl/N-ethyl adjacent to an activating group) is 1. The van der Waals surface area contributed by atoms with E-state index in [0.29, 0.717) is 45.3 Å². The highest BCUT2D eigenvalue weighted by Crippen LogP contribution is 2.51. The molecule has 0 amide bonds. The maximum absolute atomic E-state index is 12.3. The molecule has 0 aliphatic carbocycles. The van der Waals surface area contributed by atoms with Gasteiger partial charge < -0.3 is 64.2 Å². The SMILES string of the molecule is CC[C@@H](O)[C@@](C)(O)[C@H](O)[C@@H](C)NC[C@H](C)C[C@@](C)(O)[C@H](O[C@@H]1O[C@H](C)C[C@H](N(C)C)[C@H]1O)[C@@H](C)[C@@H](CC)O[C@H]1C[C@@](C)(OC)[C@]2(CO2)[C@H](C)O1. The number of hydrogen-bond acceptors (Lipinski definition) is 13. The van der Waals surface area contributed by atoms with Crippen molar-refractivity contribution in [3.8, 4) is 0 Å². The summed E-state index contributed by atoms with van der Waals surface area (Å²) in [5.74, 6) is -0.474. The number of epoxide rings is 1. The molecule has 0 radical (unpaired) electrons. The Hall–Kier alpha value is -0.520. The van der Waals surface area contributed by atoms with Crippen molar-refractivity contribution in [3.05, 3.63) is 0 Å². The van der Waals surface area contributed by atoms with Gasteiger partial charge in [-0.15, -0.1) is 0 Å². The molecule has 3 fully saturated rings. The summed E-state index contributed by atoms with van der Waals surface area (Å²) in [6, 6.07) is -0.725. The normalized spacial score (nSPS) is 38.5. The van der Waals surface area contributed by atoms with Crippen molar-refractivity contribution in [1.29, 1.82) is 0 Å². The van der Waals surface area contributed by atoms with E-state index < -0.39 is 71.5 Å². The van der Waals surface area contributed by atoms with Crippen LogP contribution in [0, 0.1) is 11.8 Å². The topological polar surface area (TPSA) is 175 Å². The summed E-state index contributed by atoms with van der Waals surface area (Å²) in [7, 11) is 5.53. The van der Waals surface area contributed by atoms with Gasteiger partial charge in [0.05, 0.1) is 48.8 Å². The molecular weight excluding hydrogens is 648 g/mol. The fourth-order valence-corrected chi connectivity index (χ4v) is 8.39. The lowest BCUT2D eigenvalue weighted by atomic mass is 9.79. The van der Waals surface area contributed by atoms with E-state index in [1.807, 2.05) is 60.5 Å². The van der Waals surface area contributed by atoms with E-state index in [1.54, 1.807) is 27.9 Å². The van der Waals surface area contributed by atoms with Gasteiger partial charge in [-0.3, -0.25) is 0 Å². The van der Waals surface area contributed by atoms with E-state index in [4.69, 9.17) is 28.4 Å². The van der Waals surface area contributed by atoms with Crippen molar-refractivity contribution in [2.45, 2.75) is 191 Å². The predicted molar refractivity (Wildman–Crippen MR) is 189 cm³/mol. The minimum absolute atomic E-state index is 0.106. The van der Waals surface area contributed by atoms with Crippen molar-refractivity contribution in [1.82, 2.24) is 10.2 Å². The number of ether oxygens (including phenoxy) is 6. The number of rotatable bonds is 19. The lowest BCUT2D eigenvalue weighted by Crippen LogP contribution is -2.61. The molecular formula is C37H72N2O11. The molecule has 13 heteroatoms. The van der Waals surface area contributed by atoms with Gasteiger partial charge in [0.15, 0.2) is 12.6 Å². The number of nitrogens with one attached hydrogen (secondary N) is 1. The molecule has 3 rings (SSSR count). The molecule has 296 valence electrons. The molecule has 50 heavy (non-hydrogen) atoms. The summed E-state index contributed by atoms with van der Waals surface area (Å²) >= 11 is 0. The Balaban J connectivity index is 1.82. The average molecular weight is 721 g/mol. The zero-order valence-electron chi connectivity index (χ0n) is 33.1. The van der Waals surface area contributed by atoms with Crippen LogP contribution < -0.4 is 5.32 Å². The Morgan fingerprint density at radius 2 is 1.64 bits per heavy atom. The molecule has 3 aliphatic rings. The first kappa shape index (κ1) is 43.9. The van der Waals surface area contributed by atoms with Crippen LogP contribution in [0.25, 0.3) is 0 Å². The molecule has 0 aromatic carbocycles. The van der Waals surface area contributed by atoms with Crippen LogP contribution >= 0.6 is 0 Å². The van der Waals surface area contributed by atoms with Gasteiger partial charge in [0.1, 0.15) is 22.9 Å². The first-order chi connectivity index (χ1) is 23.1. The minimum atomic E-state index is -1.69. The van der Waals surface area contributed by atoms with E-state index in [-0.39, 0.29) is 30.1 Å². The smallest absolute Gasteiger partial charge is 0.185 e. The van der Waals surface area contributed by atoms with Crippen LogP contribution in [-0.2, 0) is 28.4 Å². The third kappa shape index (κ3) is 9.58. The number of aliphatic hydroxyl groups is 5. The van der Waals surface area contributed by atoms with Crippen molar-refractivity contribution in [2.75, 3.05) is 34.4 Å². The van der Waals surface area contributed by atoms with Gasteiger partial charge in [0.25, 0.3) is 0 Å². The lowest BCUT2D eigenvalue weighted by molar-refractivity contribution is -0.312. The van der Waals surface area contributed by atoms with E-state index in [1.165, 1.54) is 6.92 Å². The standard InChI is InChI=1S/C37H72N2O11/c1-14-27(49-29-18-35(9,45-13)37(20-46-37)25(7)48-29)23(5)32(50-33-30(41)26(39(11)12)16-22(4)47-33)34(8,43)17-21(3)19-38-24(6)31(42)36(10,44)28(40)15-2/h21-33,38,40-44H,14-20H2,1-13H3/t21-,22-,23+,24-,25+,26+,27-,28-,29+,30-,31-,32-,33+,34-,35-,36-,37+/m1/s1. The number of methoxy groups -OCH3 is 1. The van der Waals surface area contributed by atoms with Crippen molar-refractivity contribution < 1.29 is 54.0 Å². The molecule has 3 aliphatic heterocycles. The molecule has 1 spiro atoms. The third-order valence-corrected chi connectivity index (χ3v) is 12.0. The minimum Gasteiger partial charge on any atom is -0.390 e. The van der Waals surface area contributed by atoms with E-state index in [9.17, 15) is 25.5 Å². The molecule has 17 atom stereocenters. The molecule has 6 N–H and O–H groups in total. The first-order valence-electron chi connectivity index (χ1n) is 18.8. The number of aliphatic hydroxyl groups excluding tert-OH is 3. The summed E-state index contributed by atoms with van der Waals surface area (Å²) in [5, 5.41) is 58.9. The lowest BCUT2D eigenvalue weighted by Gasteiger charge is -2.48. The summed E-state index contributed by atoms with van der Waals surface area (Å²) in [4.78, 5) is 1.97. The van der Waals surface area contributed by atoms with Gasteiger partial charge in [-0.1, -0.05) is 27.7 Å². The molecule has 0 unspecified atom stereocenters. The van der Waals surface area contributed by atoms with E-state index in [0.717, 1.165) is 0 Å². The molecule has 0 bridgehead atoms. The summed E-state index contributed by atoms with van der Waals surface area (Å²) in [5.41, 5.74) is -4.19. The van der Waals surface area contributed by atoms with Crippen LogP contribution in [0.2, 0.25) is 0 Å². The largest absolute Gasteiger partial charge is 0.390 e. The summed E-state index contributed by atoms with van der Waals surface area (Å²) in [6.07, 6.45) is -4.09. The van der Waals surface area contributed by atoms with Gasteiger partial charge in [0, 0.05) is 31.5 Å². The Labute approximate surface area is 301 Å². The zero-order valence-corrected chi connectivity index (χ0v) is 33.1. The van der Waals surface area contributed by atoms with Gasteiger partial charge in [-0.25, -0.2) is 0 Å². The van der Waals surface area contributed by atoms with Crippen molar-refractivity contribution in [2.24, 2.45) is 11.8 Å². The Morgan fingerprint density at radius 3 is 2.16 bits per heavy atom. The van der Waals surface area contributed by atoms with Crippen LogP contribution in [0.15, 0.2) is 0 Å². The summed E-state index contributed by atoms with van der Waals surface area (Å²) < 4.78 is 37.8. The molecule has 13 nitrogen and oxygen atoms in total. The van der Waals surface area contributed by atoms with E-state index in [2.05, 4.69) is 5.32 Å².